The summed E-state index contributed by atoms with van der Waals surface area (Å²) in [5.41, 5.74) is 2.33. The molecule has 0 fully saturated rings. The highest BCUT2D eigenvalue weighted by Crippen LogP contribution is 2.51. The highest BCUT2D eigenvalue weighted by Gasteiger charge is 2.35. The summed E-state index contributed by atoms with van der Waals surface area (Å²) in [6.07, 6.45) is 0.515. The van der Waals surface area contributed by atoms with Crippen LogP contribution in [-0.2, 0) is 4.79 Å². The molecule has 0 bridgehead atoms. The molecule has 136 valence electrons. The number of hydrogen-bond donors (Lipinski definition) is 0. The molecule has 0 unspecified atom stereocenters. The van der Waals surface area contributed by atoms with Gasteiger partial charge >= 0.3 is 5.97 Å². The minimum absolute atomic E-state index is 0.00285. The van der Waals surface area contributed by atoms with Crippen molar-refractivity contribution in [2.24, 2.45) is 0 Å². The van der Waals surface area contributed by atoms with Crippen LogP contribution in [-0.4, -0.2) is 26.5 Å². The van der Waals surface area contributed by atoms with E-state index in [0.29, 0.717) is 28.6 Å². The largest absolute Gasteiger partial charge is 0.493 e. The van der Waals surface area contributed by atoms with Crippen molar-refractivity contribution in [2.45, 2.75) is 25.9 Å². The third-order valence-corrected chi connectivity index (χ3v) is 4.42. The quantitative estimate of drug-likeness (QED) is 0.462. The smallest absolute Gasteiger partial charge is 0.308 e. The van der Waals surface area contributed by atoms with E-state index in [9.17, 15) is 9.59 Å². The molecule has 0 saturated heterocycles. The van der Waals surface area contributed by atoms with E-state index >= 15 is 0 Å². The van der Waals surface area contributed by atoms with Crippen molar-refractivity contribution in [3.05, 3.63) is 47.0 Å². The summed E-state index contributed by atoms with van der Waals surface area (Å²) in [5.74, 6) is 1.56. The first-order valence-electron chi connectivity index (χ1n) is 8.18. The number of carbonyl (C=O) groups excluding carboxylic acids is 2. The van der Waals surface area contributed by atoms with E-state index in [1.807, 2.05) is 19.1 Å². The van der Waals surface area contributed by atoms with Crippen LogP contribution in [0.3, 0.4) is 0 Å². The molecule has 6 nitrogen and oxygen atoms in total. The van der Waals surface area contributed by atoms with E-state index in [4.69, 9.17) is 18.9 Å². The van der Waals surface area contributed by atoms with E-state index in [-0.39, 0.29) is 12.0 Å². The Morgan fingerprint density at radius 1 is 1.08 bits per heavy atom. The predicted octanol–water partition coefficient (Wildman–Crippen LogP) is 3.68. The lowest BCUT2D eigenvalue weighted by Crippen LogP contribution is -2.09. The van der Waals surface area contributed by atoms with Gasteiger partial charge in [0.25, 0.3) is 0 Å². The first-order valence-corrected chi connectivity index (χ1v) is 8.18. The van der Waals surface area contributed by atoms with Gasteiger partial charge in [0.15, 0.2) is 23.0 Å². The predicted molar refractivity (Wildman–Crippen MR) is 94.5 cm³/mol. The molecule has 2 aromatic rings. The van der Waals surface area contributed by atoms with E-state index in [2.05, 4.69) is 0 Å². The van der Waals surface area contributed by atoms with Crippen molar-refractivity contribution in [1.29, 1.82) is 0 Å². The average molecular weight is 356 g/mol. The lowest BCUT2D eigenvalue weighted by Gasteiger charge is -2.18. The molecule has 1 aliphatic rings. The minimum atomic E-state index is -0.417. The molecule has 2 aromatic carbocycles. The lowest BCUT2D eigenvalue weighted by atomic mass is 9.91. The maximum atomic E-state index is 11.2. The van der Waals surface area contributed by atoms with Gasteiger partial charge in [-0.3, -0.25) is 9.59 Å². The molecule has 3 rings (SSSR count). The van der Waals surface area contributed by atoms with Crippen LogP contribution in [0.15, 0.2) is 30.3 Å². The molecule has 0 saturated carbocycles. The summed E-state index contributed by atoms with van der Waals surface area (Å²) in [5, 5.41) is 0. The summed E-state index contributed by atoms with van der Waals surface area (Å²) in [6, 6.07) is 8.79. The van der Waals surface area contributed by atoms with Crippen LogP contribution < -0.4 is 18.9 Å². The number of carbonyl (C=O) groups is 2. The van der Waals surface area contributed by atoms with Gasteiger partial charge in [0.05, 0.1) is 14.2 Å². The lowest BCUT2D eigenvalue weighted by molar-refractivity contribution is -0.132. The first kappa shape index (κ1) is 17.8. The fraction of sp³-hybridized carbons (Fsp3) is 0.300. The van der Waals surface area contributed by atoms with Gasteiger partial charge in [-0.1, -0.05) is 13.0 Å². The molecule has 6 heteroatoms. The summed E-state index contributed by atoms with van der Waals surface area (Å²) < 4.78 is 22.0. The Labute approximate surface area is 151 Å². The van der Waals surface area contributed by atoms with Gasteiger partial charge in [-0.2, -0.15) is 0 Å². The Morgan fingerprint density at radius 2 is 1.81 bits per heavy atom. The van der Waals surface area contributed by atoms with Gasteiger partial charge in [0.1, 0.15) is 12.4 Å². The van der Waals surface area contributed by atoms with Gasteiger partial charge in [0, 0.05) is 24.0 Å². The van der Waals surface area contributed by atoms with Crippen LogP contribution >= 0.6 is 0 Å². The molecule has 0 radical (unpaired) electrons. The fourth-order valence-electron chi connectivity index (χ4n) is 3.18. The van der Waals surface area contributed by atoms with E-state index in [1.54, 1.807) is 25.3 Å². The van der Waals surface area contributed by atoms with Crippen LogP contribution in [0.4, 0.5) is 0 Å². The molecule has 0 spiro atoms. The second kappa shape index (κ2) is 7.07. The topological polar surface area (TPSA) is 71.1 Å². The molecule has 1 aliphatic heterocycles. The normalized spacial score (nSPS) is 17.8. The van der Waals surface area contributed by atoms with Crippen LogP contribution in [0.2, 0.25) is 0 Å². The van der Waals surface area contributed by atoms with Crippen molar-refractivity contribution in [3.63, 3.8) is 0 Å². The Morgan fingerprint density at radius 3 is 2.42 bits per heavy atom. The highest BCUT2D eigenvalue weighted by molar-refractivity contribution is 5.78. The second-order valence-electron chi connectivity index (χ2n) is 6.09. The Kier molecular flexibility index (Phi) is 4.84. The molecule has 2 atom stereocenters. The van der Waals surface area contributed by atoms with Crippen molar-refractivity contribution in [3.8, 4) is 23.0 Å². The minimum Gasteiger partial charge on any atom is -0.493 e. The Bertz CT molecular complexity index is 858. The summed E-state index contributed by atoms with van der Waals surface area (Å²) in [6.45, 7) is 3.36. The number of hydrogen-bond acceptors (Lipinski definition) is 6. The van der Waals surface area contributed by atoms with Crippen LogP contribution in [0, 0.1) is 0 Å². The third-order valence-electron chi connectivity index (χ3n) is 4.42. The monoisotopic (exact) mass is 356 g/mol. The number of rotatable bonds is 5. The average Bonchev–Trinajstić information content (AvgIpc) is 2.97. The SMILES string of the molecule is COc1cc([C@@H]2Oc3c(OC)cc(C=O)cc3[C@H]2C)ccc1OC(C)=O. The van der Waals surface area contributed by atoms with Crippen molar-refractivity contribution >= 4 is 12.3 Å². The maximum Gasteiger partial charge on any atom is 0.308 e. The van der Waals surface area contributed by atoms with Crippen molar-refractivity contribution in [2.75, 3.05) is 14.2 Å². The summed E-state index contributed by atoms with van der Waals surface area (Å²) >= 11 is 0. The molecule has 0 aliphatic carbocycles. The number of fused-ring (bicyclic) bond motifs is 1. The molecule has 1 heterocycles. The molecule has 0 N–H and O–H groups in total. The molecule has 0 aromatic heterocycles. The van der Waals surface area contributed by atoms with E-state index in [0.717, 1.165) is 17.4 Å². The number of esters is 1. The second-order valence-corrected chi connectivity index (χ2v) is 6.09. The molecular weight excluding hydrogens is 336 g/mol. The zero-order chi connectivity index (χ0) is 18.8. The third kappa shape index (κ3) is 3.10. The number of benzene rings is 2. The number of methoxy groups -OCH3 is 2. The van der Waals surface area contributed by atoms with Crippen molar-refractivity contribution in [1.82, 2.24) is 0 Å². The maximum absolute atomic E-state index is 11.2. The van der Waals surface area contributed by atoms with E-state index in [1.165, 1.54) is 14.0 Å². The van der Waals surface area contributed by atoms with Gasteiger partial charge in [0.2, 0.25) is 0 Å². The van der Waals surface area contributed by atoms with Crippen LogP contribution in [0.25, 0.3) is 0 Å². The molecular formula is C20H20O6. The van der Waals surface area contributed by atoms with E-state index < -0.39 is 5.97 Å². The summed E-state index contributed by atoms with van der Waals surface area (Å²) in [7, 11) is 3.06. The summed E-state index contributed by atoms with van der Waals surface area (Å²) in [4.78, 5) is 22.4. The Hall–Kier alpha value is -3.02. The van der Waals surface area contributed by atoms with Gasteiger partial charge in [-0.05, 0) is 29.8 Å². The standard InChI is InChI=1S/C20H20O6/c1-11-15-7-13(10-21)8-18(24-4)20(15)26-19(11)14-5-6-16(25-12(2)22)17(9-14)23-3/h5-11,19H,1-4H3/t11-,19-/m1/s1. The van der Waals surface area contributed by atoms with Crippen molar-refractivity contribution < 1.29 is 28.5 Å². The number of ether oxygens (including phenoxy) is 4. The van der Waals surface area contributed by atoms with Gasteiger partial charge in [-0.15, -0.1) is 0 Å². The zero-order valence-electron chi connectivity index (χ0n) is 15.1. The fourth-order valence-corrected chi connectivity index (χ4v) is 3.18. The Balaban J connectivity index is 1.98. The van der Waals surface area contributed by atoms with Crippen LogP contribution in [0.5, 0.6) is 23.0 Å². The van der Waals surface area contributed by atoms with Gasteiger partial charge in [-0.25, -0.2) is 0 Å². The first-order chi connectivity index (χ1) is 12.5. The highest BCUT2D eigenvalue weighted by atomic mass is 16.6. The van der Waals surface area contributed by atoms with Gasteiger partial charge < -0.3 is 18.9 Å². The molecule has 0 amide bonds. The zero-order valence-corrected chi connectivity index (χ0v) is 15.1. The van der Waals surface area contributed by atoms with Crippen LogP contribution in [0.1, 0.15) is 47.4 Å². The molecule has 26 heavy (non-hydrogen) atoms. The number of aldehydes is 1.